The minimum atomic E-state index is -0.902. The van der Waals surface area contributed by atoms with E-state index in [1.54, 1.807) is 13.8 Å². The largest absolute Gasteiger partial charge is 2.00 e. The number of hydrogen-bond donors (Lipinski definition) is 0. The van der Waals surface area contributed by atoms with E-state index < -0.39 is 22.8 Å². The summed E-state index contributed by atoms with van der Waals surface area (Å²) in [6, 6.07) is 0. The standard InChI is InChI=1S/2C10H20O2.Ni/c2*1-4-6-7-8-10(3,5-2)9(11)12;/h2*4-8H2,1-3H3,(H,11,12);/q;;+2/p-2. The monoisotopic (exact) mass is 400 g/mol. The summed E-state index contributed by atoms with van der Waals surface area (Å²) in [5.74, 6) is -1.80. The van der Waals surface area contributed by atoms with Crippen molar-refractivity contribution in [2.75, 3.05) is 0 Å². The Morgan fingerprint density at radius 3 is 1.12 bits per heavy atom. The molecule has 0 radical (unpaired) electrons. The molecule has 0 rings (SSSR count). The van der Waals surface area contributed by atoms with Gasteiger partial charge >= 0.3 is 16.5 Å². The van der Waals surface area contributed by atoms with Gasteiger partial charge in [0.1, 0.15) is 0 Å². The van der Waals surface area contributed by atoms with Gasteiger partial charge in [-0.15, -0.1) is 0 Å². The topological polar surface area (TPSA) is 80.3 Å². The third-order valence-corrected chi connectivity index (χ3v) is 5.21. The molecular weight excluding hydrogens is 363 g/mol. The summed E-state index contributed by atoms with van der Waals surface area (Å²) >= 11 is 0. The molecule has 0 aliphatic rings. The zero-order valence-electron chi connectivity index (χ0n) is 17.0. The summed E-state index contributed by atoms with van der Waals surface area (Å²) in [5.41, 5.74) is -1.20. The van der Waals surface area contributed by atoms with Gasteiger partial charge in [0, 0.05) is 22.8 Å². The summed E-state index contributed by atoms with van der Waals surface area (Å²) in [5, 5.41) is 21.5. The molecule has 25 heavy (non-hydrogen) atoms. The maximum atomic E-state index is 10.7. The molecule has 0 fully saturated rings. The predicted octanol–water partition coefficient (Wildman–Crippen LogP) is 3.46. The molecule has 0 spiro atoms. The van der Waals surface area contributed by atoms with Crippen LogP contribution in [-0.4, -0.2) is 11.9 Å². The van der Waals surface area contributed by atoms with Crippen molar-refractivity contribution in [3.05, 3.63) is 0 Å². The van der Waals surface area contributed by atoms with Crippen molar-refractivity contribution >= 4 is 11.9 Å². The predicted molar refractivity (Wildman–Crippen MR) is 95.1 cm³/mol. The van der Waals surface area contributed by atoms with E-state index in [1.807, 2.05) is 13.8 Å². The molecule has 0 aromatic carbocycles. The molecular formula is C20H38NiO4. The van der Waals surface area contributed by atoms with Gasteiger partial charge in [0.05, 0.1) is 0 Å². The first-order chi connectivity index (χ1) is 11.1. The summed E-state index contributed by atoms with van der Waals surface area (Å²) in [6.07, 6.45) is 9.31. The third kappa shape index (κ3) is 12.4. The van der Waals surface area contributed by atoms with Crippen molar-refractivity contribution in [1.29, 1.82) is 0 Å². The summed E-state index contributed by atoms with van der Waals surface area (Å²) in [6.45, 7) is 11.6. The van der Waals surface area contributed by atoms with Crippen LogP contribution in [0.15, 0.2) is 0 Å². The van der Waals surface area contributed by atoms with Crippen molar-refractivity contribution in [2.45, 2.75) is 106 Å². The first-order valence-electron chi connectivity index (χ1n) is 9.56. The van der Waals surface area contributed by atoms with Gasteiger partial charge in [0.25, 0.3) is 0 Å². The molecule has 2 atom stereocenters. The number of carbonyl (C=O) groups excluding carboxylic acids is 2. The Labute approximate surface area is 165 Å². The number of unbranched alkanes of at least 4 members (excludes halogenated alkanes) is 4. The van der Waals surface area contributed by atoms with Crippen LogP contribution in [0.2, 0.25) is 0 Å². The second-order valence-electron chi connectivity index (χ2n) is 7.32. The third-order valence-electron chi connectivity index (χ3n) is 5.21. The number of carboxylic acids is 2. The van der Waals surface area contributed by atoms with E-state index >= 15 is 0 Å². The smallest absolute Gasteiger partial charge is 0.550 e. The Bertz CT molecular complexity index is 326. The molecule has 0 amide bonds. The van der Waals surface area contributed by atoms with Gasteiger partial charge in [0.2, 0.25) is 0 Å². The molecule has 0 N–H and O–H groups in total. The Morgan fingerprint density at radius 2 is 0.960 bits per heavy atom. The average molecular weight is 401 g/mol. The maximum Gasteiger partial charge on any atom is 2.00 e. The van der Waals surface area contributed by atoms with Gasteiger partial charge < -0.3 is 19.8 Å². The van der Waals surface area contributed by atoms with E-state index in [-0.39, 0.29) is 16.5 Å². The van der Waals surface area contributed by atoms with E-state index in [0.717, 1.165) is 51.4 Å². The normalized spacial score (nSPS) is 15.0. The van der Waals surface area contributed by atoms with E-state index in [1.165, 1.54) is 0 Å². The molecule has 0 bridgehead atoms. The van der Waals surface area contributed by atoms with Crippen LogP contribution in [-0.2, 0) is 26.1 Å². The van der Waals surface area contributed by atoms with Gasteiger partial charge in [0.15, 0.2) is 0 Å². The molecule has 0 saturated heterocycles. The molecule has 0 aliphatic carbocycles. The first kappa shape index (κ1) is 29.2. The second-order valence-corrected chi connectivity index (χ2v) is 7.32. The van der Waals surface area contributed by atoms with Crippen molar-refractivity contribution in [3.8, 4) is 0 Å². The van der Waals surface area contributed by atoms with E-state index in [9.17, 15) is 19.8 Å². The number of rotatable bonds is 12. The van der Waals surface area contributed by atoms with Crippen molar-refractivity contribution in [2.24, 2.45) is 10.8 Å². The second kappa shape index (κ2) is 15.7. The van der Waals surface area contributed by atoms with Crippen molar-refractivity contribution < 1.29 is 36.3 Å². The van der Waals surface area contributed by atoms with Crippen molar-refractivity contribution in [3.63, 3.8) is 0 Å². The fourth-order valence-corrected chi connectivity index (χ4v) is 2.38. The van der Waals surface area contributed by atoms with E-state index in [4.69, 9.17) is 0 Å². The zero-order valence-corrected chi connectivity index (χ0v) is 18.0. The van der Waals surface area contributed by atoms with Gasteiger partial charge in [-0.25, -0.2) is 0 Å². The van der Waals surface area contributed by atoms with Gasteiger partial charge in [-0.1, -0.05) is 80.1 Å². The van der Waals surface area contributed by atoms with Crippen LogP contribution < -0.4 is 10.2 Å². The molecule has 2 unspecified atom stereocenters. The molecule has 5 heteroatoms. The molecule has 0 aliphatic heterocycles. The van der Waals surface area contributed by atoms with E-state index in [2.05, 4.69) is 13.8 Å². The van der Waals surface area contributed by atoms with E-state index in [0.29, 0.717) is 12.8 Å². The first-order valence-corrected chi connectivity index (χ1v) is 9.56. The number of aliphatic carboxylic acids is 2. The fraction of sp³-hybridized carbons (Fsp3) is 0.900. The van der Waals surface area contributed by atoms with Gasteiger partial charge in [-0.05, 0) is 25.7 Å². The summed E-state index contributed by atoms with van der Waals surface area (Å²) in [4.78, 5) is 21.5. The molecule has 0 aromatic rings. The average Bonchev–Trinajstić information content (AvgIpc) is 2.55. The number of carboxylic acid groups (broad SMARTS) is 2. The quantitative estimate of drug-likeness (QED) is 0.371. The van der Waals surface area contributed by atoms with Crippen LogP contribution in [0, 0.1) is 10.8 Å². The Hall–Kier alpha value is -0.566. The molecule has 0 aromatic heterocycles. The van der Waals surface area contributed by atoms with Crippen molar-refractivity contribution in [1.82, 2.24) is 0 Å². The summed E-state index contributed by atoms with van der Waals surface area (Å²) in [7, 11) is 0. The van der Waals surface area contributed by atoms with Crippen LogP contribution in [0.25, 0.3) is 0 Å². The van der Waals surface area contributed by atoms with Crippen LogP contribution in [0.1, 0.15) is 106 Å². The molecule has 0 heterocycles. The molecule has 152 valence electrons. The maximum absolute atomic E-state index is 10.7. The van der Waals surface area contributed by atoms with Crippen LogP contribution in [0.5, 0.6) is 0 Å². The summed E-state index contributed by atoms with van der Waals surface area (Å²) < 4.78 is 0. The molecule has 4 nitrogen and oxygen atoms in total. The van der Waals surface area contributed by atoms with Crippen LogP contribution in [0.4, 0.5) is 0 Å². The number of carbonyl (C=O) groups is 2. The zero-order chi connectivity index (χ0) is 19.2. The Kier molecular flexibility index (Phi) is 18.3. The Balaban J connectivity index is -0.000000372. The minimum Gasteiger partial charge on any atom is -0.550 e. The minimum absolute atomic E-state index is 0. The SMILES string of the molecule is CCCCCC(C)(CC)C(=O)[O-].CCCCCC(C)(CC)C(=O)[O-].[Ni+2]. The Morgan fingerprint density at radius 1 is 0.680 bits per heavy atom. The number of hydrogen-bond acceptors (Lipinski definition) is 4. The van der Waals surface area contributed by atoms with Crippen LogP contribution in [0.3, 0.4) is 0 Å². The molecule has 0 saturated carbocycles. The fourth-order valence-electron chi connectivity index (χ4n) is 2.38. The van der Waals surface area contributed by atoms with Gasteiger partial charge in [-0.2, -0.15) is 0 Å². The van der Waals surface area contributed by atoms with Gasteiger partial charge in [-0.3, -0.25) is 0 Å². The van der Waals surface area contributed by atoms with Crippen LogP contribution >= 0.6 is 0 Å².